The highest BCUT2D eigenvalue weighted by Crippen LogP contribution is 2.17. The molecule has 0 atom stereocenters. The molecule has 2 aromatic rings. The second kappa shape index (κ2) is 8.09. The third-order valence-corrected chi connectivity index (χ3v) is 4.74. The molecule has 1 aliphatic rings. The van der Waals surface area contributed by atoms with Crippen LogP contribution in [0, 0.1) is 0 Å². The average Bonchev–Trinajstić information content (AvgIpc) is 3.15. The number of para-hydroxylation sites is 1. The Labute approximate surface area is 150 Å². The lowest BCUT2D eigenvalue weighted by Crippen LogP contribution is -2.49. The molecule has 7 nitrogen and oxygen atoms in total. The van der Waals surface area contributed by atoms with E-state index in [-0.39, 0.29) is 6.03 Å². The zero-order valence-electron chi connectivity index (χ0n) is 14.0. The molecule has 1 saturated heterocycles. The van der Waals surface area contributed by atoms with Gasteiger partial charge in [-0.3, -0.25) is 4.90 Å². The molecule has 0 spiro atoms. The van der Waals surface area contributed by atoms with Gasteiger partial charge in [0.15, 0.2) is 0 Å². The van der Waals surface area contributed by atoms with Crippen LogP contribution in [0.3, 0.4) is 0 Å². The number of benzene rings is 1. The first-order valence-electron chi connectivity index (χ1n) is 8.00. The number of carbonyl (C=O) groups excluding carboxylic acids is 2. The molecule has 0 aliphatic carbocycles. The van der Waals surface area contributed by atoms with Gasteiger partial charge >= 0.3 is 12.0 Å². The van der Waals surface area contributed by atoms with Gasteiger partial charge in [-0.25, -0.2) is 14.6 Å². The minimum atomic E-state index is -0.469. The Morgan fingerprint density at radius 3 is 2.68 bits per heavy atom. The number of piperazine rings is 1. The Kier molecular flexibility index (Phi) is 5.62. The van der Waals surface area contributed by atoms with Gasteiger partial charge in [-0.15, -0.1) is 11.3 Å². The molecular weight excluding hydrogens is 340 g/mol. The first kappa shape index (κ1) is 17.4. The van der Waals surface area contributed by atoms with Crippen molar-refractivity contribution in [3.8, 4) is 0 Å². The molecule has 0 saturated carbocycles. The summed E-state index contributed by atoms with van der Waals surface area (Å²) in [6.07, 6.45) is 0. The fourth-order valence-electron chi connectivity index (χ4n) is 2.73. The number of nitrogens with zero attached hydrogens (tertiary/aromatic N) is 3. The number of thiazole rings is 1. The van der Waals surface area contributed by atoms with Crippen LogP contribution in [-0.4, -0.2) is 60.1 Å². The molecule has 1 aliphatic heterocycles. The average molecular weight is 360 g/mol. The van der Waals surface area contributed by atoms with Crippen LogP contribution in [0.5, 0.6) is 0 Å². The van der Waals surface area contributed by atoms with E-state index in [0.717, 1.165) is 25.3 Å². The Bertz CT molecular complexity index is 727. The zero-order chi connectivity index (χ0) is 17.6. The van der Waals surface area contributed by atoms with Crippen molar-refractivity contribution in [3.63, 3.8) is 0 Å². The van der Waals surface area contributed by atoms with E-state index < -0.39 is 5.97 Å². The summed E-state index contributed by atoms with van der Waals surface area (Å²) in [7, 11) is 1.32. The predicted molar refractivity (Wildman–Crippen MR) is 95.8 cm³/mol. The third-order valence-electron chi connectivity index (χ3n) is 4.10. The van der Waals surface area contributed by atoms with Gasteiger partial charge in [0, 0.05) is 38.1 Å². The van der Waals surface area contributed by atoms with Crippen molar-refractivity contribution < 1.29 is 14.3 Å². The summed E-state index contributed by atoms with van der Waals surface area (Å²) < 4.78 is 4.75. The Balaban J connectivity index is 1.56. The van der Waals surface area contributed by atoms with E-state index in [0.29, 0.717) is 24.3 Å². The number of aromatic nitrogens is 1. The van der Waals surface area contributed by atoms with Crippen LogP contribution in [-0.2, 0) is 11.3 Å². The van der Waals surface area contributed by atoms with Crippen molar-refractivity contribution in [2.75, 3.05) is 38.6 Å². The summed E-state index contributed by atoms with van der Waals surface area (Å²) in [6, 6.07) is 6.63. The normalized spacial score (nSPS) is 15.0. The van der Waals surface area contributed by atoms with Crippen LogP contribution in [0.25, 0.3) is 0 Å². The first-order valence-corrected chi connectivity index (χ1v) is 8.94. The van der Waals surface area contributed by atoms with Crippen molar-refractivity contribution >= 4 is 29.0 Å². The van der Waals surface area contributed by atoms with Gasteiger partial charge in [0.25, 0.3) is 0 Å². The van der Waals surface area contributed by atoms with Crippen LogP contribution in [0.1, 0.15) is 16.1 Å². The number of hydrogen-bond donors (Lipinski definition) is 1. The Morgan fingerprint density at radius 2 is 2.00 bits per heavy atom. The van der Waals surface area contributed by atoms with E-state index in [2.05, 4.69) is 15.2 Å². The molecule has 8 heteroatoms. The molecule has 3 rings (SSSR count). The number of ether oxygens (including phenoxy) is 1. The fraction of sp³-hybridized carbons (Fsp3) is 0.353. The highest BCUT2D eigenvalue weighted by atomic mass is 32.1. The number of urea groups is 1. The highest BCUT2D eigenvalue weighted by molar-refractivity contribution is 7.07. The van der Waals surface area contributed by atoms with Crippen LogP contribution >= 0.6 is 11.3 Å². The zero-order valence-corrected chi connectivity index (χ0v) is 14.8. The summed E-state index contributed by atoms with van der Waals surface area (Å²) in [6.45, 7) is 3.67. The van der Waals surface area contributed by atoms with E-state index in [1.54, 1.807) is 40.5 Å². The fourth-order valence-corrected chi connectivity index (χ4v) is 3.28. The van der Waals surface area contributed by atoms with Gasteiger partial charge in [-0.2, -0.15) is 0 Å². The van der Waals surface area contributed by atoms with E-state index >= 15 is 0 Å². The molecule has 0 unspecified atom stereocenters. The Morgan fingerprint density at radius 1 is 1.24 bits per heavy atom. The molecule has 0 radical (unpaired) electrons. The topological polar surface area (TPSA) is 74.8 Å². The molecule has 132 valence electrons. The molecule has 0 bridgehead atoms. The minimum absolute atomic E-state index is 0.204. The van der Waals surface area contributed by atoms with Gasteiger partial charge < -0.3 is 15.0 Å². The lowest BCUT2D eigenvalue weighted by Gasteiger charge is -2.34. The molecule has 1 N–H and O–H groups in total. The number of hydrogen-bond acceptors (Lipinski definition) is 6. The molecule has 1 fully saturated rings. The number of nitrogens with one attached hydrogen (secondary N) is 1. The van der Waals surface area contributed by atoms with Gasteiger partial charge in [-0.05, 0) is 12.1 Å². The second-order valence-electron chi connectivity index (χ2n) is 5.71. The minimum Gasteiger partial charge on any atom is -0.465 e. The Hall–Kier alpha value is -2.45. The van der Waals surface area contributed by atoms with Crippen molar-refractivity contribution in [1.29, 1.82) is 0 Å². The maximum absolute atomic E-state index is 12.5. The standard InChI is InChI=1S/C17H20N4O3S/c1-24-16(22)14-4-2-3-5-15(14)19-17(23)21-8-6-20(7-9-21)10-13-11-25-12-18-13/h2-5,11-12H,6-10H2,1H3,(H,19,23). The number of methoxy groups -OCH3 is 1. The van der Waals surface area contributed by atoms with E-state index in [4.69, 9.17) is 4.74 Å². The van der Waals surface area contributed by atoms with E-state index in [1.807, 2.05) is 10.9 Å². The maximum atomic E-state index is 12.5. The van der Waals surface area contributed by atoms with E-state index in [1.165, 1.54) is 7.11 Å². The van der Waals surface area contributed by atoms with Gasteiger partial charge in [0.1, 0.15) is 0 Å². The number of rotatable bonds is 4. The molecule has 1 aromatic carbocycles. The third kappa shape index (κ3) is 4.34. The largest absolute Gasteiger partial charge is 0.465 e. The van der Waals surface area contributed by atoms with E-state index in [9.17, 15) is 9.59 Å². The van der Waals surface area contributed by atoms with Gasteiger partial charge in [-0.1, -0.05) is 12.1 Å². The number of esters is 1. The quantitative estimate of drug-likeness (QED) is 0.847. The number of carbonyl (C=O) groups is 2. The van der Waals surface area contributed by atoms with Crippen LogP contribution in [0.15, 0.2) is 35.2 Å². The molecule has 2 heterocycles. The molecule has 25 heavy (non-hydrogen) atoms. The van der Waals surface area contributed by atoms with Crippen LogP contribution in [0.4, 0.5) is 10.5 Å². The number of amides is 2. The van der Waals surface area contributed by atoms with Crippen molar-refractivity contribution in [2.24, 2.45) is 0 Å². The number of anilines is 1. The molecular formula is C17H20N4O3S. The molecule has 2 amide bonds. The molecule has 1 aromatic heterocycles. The summed E-state index contributed by atoms with van der Waals surface area (Å²) in [5.41, 5.74) is 3.71. The van der Waals surface area contributed by atoms with Crippen molar-refractivity contribution in [3.05, 3.63) is 46.4 Å². The van der Waals surface area contributed by atoms with Crippen LogP contribution < -0.4 is 5.32 Å². The highest BCUT2D eigenvalue weighted by Gasteiger charge is 2.22. The summed E-state index contributed by atoms with van der Waals surface area (Å²) in [4.78, 5) is 32.6. The maximum Gasteiger partial charge on any atom is 0.339 e. The van der Waals surface area contributed by atoms with Crippen molar-refractivity contribution in [1.82, 2.24) is 14.8 Å². The van der Waals surface area contributed by atoms with Crippen LogP contribution in [0.2, 0.25) is 0 Å². The SMILES string of the molecule is COC(=O)c1ccccc1NC(=O)N1CCN(Cc2cscn2)CC1. The lowest BCUT2D eigenvalue weighted by atomic mass is 10.2. The summed E-state index contributed by atoms with van der Waals surface area (Å²) in [5, 5.41) is 4.86. The predicted octanol–water partition coefficient (Wildman–Crippen LogP) is 2.28. The van der Waals surface area contributed by atoms with Crippen molar-refractivity contribution in [2.45, 2.75) is 6.54 Å². The lowest BCUT2D eigenvalue weighted by molar-refractivity contribution is 0.0602. The second-order valence-corrected chi connectivity index (χ2v) is 6.43. The smallest absolute Gasteiger partial charge is 0.339 e. The monoisotopic (exact) mass is 360 g/mol. The first-order chi connectivity index (χ1) is 12.2. The van der Waals surface area contributed by atoms with Gasteiger partial charge in [0.2, 0.25) is 0 Å². The van der Waals surface area contributed by atoms with Gasteiger partial charge in [0.05, 0.1) is 29.6 Å². The summed E-state index contributed by atoms with van der Waals surface area (Å²) in [5.74, 6) is -0.469. The summed E-state index contributed by atoms with van der Waals surface area (Å²) >= 11 is 1.59.